The SMILES string of the molecule is Cn1c(=O)n(C2CCC(=O)NC2=O)c2ccc(N3CC[C@H](CN4CCC(c5ccc(Nc6nc(N7CCCCC7)cnc6C(N)=O)cc5)CC4)C3)cc21. The number of piperidine rings is 3. The summed E-state index contributed by atoms with van der Waals surface area (Å²) in [5.74, 6) is 0.896. The van der Waals surface area contributed by atoms with E-state index in [1.54, 1.807) is 17.8 Å². The summed E-state index contributed by atoms with van der Waals surface area (Å²) in [6, 6.07) is 13.8. The number of amides is 3. The van der Waals surface area contributed by atoms with Crippen LogP contribution in [0.5, 0.6) is 0 Å². The highest BCUT2D eigenvalue weighted by Crippen LogP contribution is 2.33. The summed E-state index contributed by atoms with van der Waals surface area (Å²) < 4.78 is 3.14. The number of nitrogens with one attached hydrogen (secondary N) is 2. The Hall–Kier alpha value is -5.24. The number of carbonyl (C=O) groups is 3. The van der Waals surface area contributed by atoms with E-state index in [4.69, 9.17) is 10.7 Å². The van der Waals surface area contributed by atoms with Gasteiger partial charge in [-0.15, -0.1) is 0 Å². The van der Waals surface area contributed by atoms with Gasteiger partial charge in [0.15, 0.2) is 11.5 Å². The molecule has 4 aliphatic heterocycles. The number of hydrogen-bond donors (Lipinski definition) is 3. The van der Waals surface area contributed by atoms with Gasteiger partial charge in [-0.3, -0.25) is 28.8 Å². The first kappa shape index (κ1) is 34.8. The highest BCUT2D eigenvalue weighted by Gasteiger charge is 2.32. The van der Waals surface area contributed by atoms with Crippen molar-refractivity contribution in [2.45, 2.75) is 63.3 Å². The van der Waals surface area contributed by atoms with E-state index in [2.05, 4.69) is 54.6 Å². The zero-order valence-electron chi connectivity index (χ0n) is 30.3. The lowest BCUT2D eigenvalue weighted by molar-refractivity contribution is -0.135. The summed E-state index contributed by atoms with van der Waals surface area (Å²) in [7, 11) is 1.74. The molecular formula is C39H48N10O4. The van der Waals surface area contributed by atoms with Gasteiger partial charge in [0.2, 0.25) is 11.8 Å². The molecule has 0 radical (unpaired) electrons. The average Bonchev–Trinajstić information content (AvgIpc) is 3.74. The molecule has 0 aliphatic carbocycles. The van der Waals surface area contributed by atoms with E-state index in [-0.39, 0.29) is 23.7 Å². The molecule has 2 aromatic carbocycles. The fourth-order valence-corrected chi connectivity index (χ4v) is 8.71. The zero-order chi connectivity index (χ0) is 36.6. The first-order valence-corrected chi connectivity index (χ1v) is 19.0. The van der Waals surface area contributed by atoms with E-state index in [1.807, 2.05) is 18.2 Å². The Kier molecular flexibility index (Phi) is 9.62. The van der Waals surface area contributed by atoms with E-state index in [0.717, 1.165) is 101 Å². The summed E-state index contributed by atoms with van der Waals surface area (Å²) in [4.78, 5) is 66.0. The van der Waals surface area contributed by atoms with Gasteiger partial charge in [0.05, 0.1) is 17.2 Å². The third-order valence-electron chi connectivity index (χ3n) is 11.7. The van der Waals surface area contributed by atoms with Crippen LogP contribution >= 0.6 is 0 Å². The predicted molar refractivity (Wildman–Crippen MR) is 204 cm³/mol. The van der Waals surface area contributed by atoms with Crippen molar-refractivity contribution in [2.24, 2.45) is 18.7 Å². The van der Waals surface area contributed by atoms with E-state index in [9.17, 15) is 19.2 Å². The van der Waals surface area contributed by atoms with Crippen molar-refractivity contribution < 1.29 is 14.4 Å². The average molecular weight is 721 g/mol. The lowest BCUT2D eigenvalue weighted by atomic mass is 9.89. The molecule has 4 fully saturated rings. The molecule has 1 unspecified atom stereocenters. The van der Waals surface area contributed by atoms with Gasteiger partial charge in [-0.25, -0.2) is 14.8 Å². The topological polar surface area (TPSA) is 164 Å². The molecule has 4 N–H and O–H groups in total. The maximum Gasteiger partial charge on any atom is 0.329 e. The minimum Gasteiger partial charge on any atom is -0.371 e. The molecule has 0 saturated carbocycles. The quantitative estimate of drug-likeness (QED) is 0.218. The van der Waals surface area contributed by atoms with Gasteiger partial charge in [0.25, 0.3) is 5.91 Å². The van der Waals surface area contributed by atoms with Crippen LogP contribution in [0.2, 0.25) is 0 Å². The molecule has 2 atom stereocenters. The molecule has 8 rings (SSSR count). The Morgan fingerprint density at radius 3 is 2.42 bits per heavy atom. The third kappa shape index (κ3) is 7.11. The van der Waals surface area contributed by atoms with Crippen molar-refractivity contribution in [3.05, 3.63) is 70.4 Å². The molecule has 3 amide bonds. The Morgan fingerprint density at radius 1 is 0.906 bits per heavy atom. The van der Waals surface area contributed by atoms with Gasteiger partial charge >= 0.3 is 5.69 Å². The standard InChI is InChI=1S/C39H48N10O4/c1-45-32-21-29(9-10-30(32)49(39(45)53)31-11-12-34(50)44-38(31)52)48-20-13-25(24-48)23-46-18-14-27(15-19-46)26-5-7-28(8-6-26)42-37-35(36(40)51)41-22-33(43-37)47-16-3-2-4-17-47/h5-10,21-22,25,27,31H,2-4,11-20,23-24H2,1H3,(H2,40,51)(H,42,43)(H,44,50,52)/t25-,31?/m1/s1. The van der Waals surface area contributed by atoms with Gasteiger partial charge in [-0.2, -0.15) is 0 Å². The number of nitrogens with zero attached hydrogens (tertiary/aromatic N) is 7. The number of primary amides is 1. The second kappa shape index (κ2) is 14.6. The van der Waals surface area contributed by atoms with Crippen molar-refractivity contribution in [3.8, 4) is 0 Å². The number of carbonyl (C=O) groups excluding carboxylic acids is 3. The Labute approximate surface area is 308 Å². The normalized spacial score (nSPS) is 21.7. The zero-order valence-corrected chi connectivity index (χ0v) is 30.3. The first-order valence-electron chi connectivity index (χ1n) is 19.0. The maximum absolute atomic E-state index is 13.2. The number of aromatic nitrogens is 4. The number of imidazole rings is 1. The van der Waals surface area contributed by atoms with Crippen molar-refractivity contribution in [2.75, 3.05) is 60.9 Å². The number of imide groups is 1. The highest BCUT2D eigenvalue weighted by atomic mass is 16.2. The van der Waals surface area contributed by atoms with Gasteiger partial charge in [-0.05, 0) is 106 Å². The van der Waals surface area contributed by atoms with Crippen LogP contribution in [-0.2, 0) is 16.6 Å². The number of likely N-dealkylation sites (tertiary alicyclic amines) is 1. The summed E-state index contributed by atoms with van der Waals surface area (Å²) >= 11 is 0. The van der Waals surface area contributed by atoms with Crippen LogP contribution in [0.15, 0.2) is 53.5 Å². The molecule has 53 heavy (non-hydrogen) atoms. The Morgan fingerprint density at radius 2 is 1.68 bits per heavy atom. The highest BCUT2D eigenvalue weighted by molar-refractivity contribution is 6.00. The number of rotatable bonds is 9. The molecule has 4 aliphatic rings. The number of anilines is 4. The Bertz CT molecular complexity index is 2080. The van der Waals surface area contributed by atoms with Crippen LogP contribution in [0.25, 0.3) is 11.0 Å². The van der Waals surface area contributed by atoms with Crippen molar-refractivity contribution in [1.82, 2.24) is 29.3 Å². The number of hydrogen-bond acceptors (Lipinski definition) is 10. The van der Waals surface area contributed by atoms with E-state index in [1.165, 1.54) is 16.6 Å². The van der Waals surface area contributed by atoms with Crippen LogP contribution in [0.3, 0.4) is 0 Å². The van der Waals surface area contributed by atoms with Crippen molar-refractivity contribution in [1.29, 1.82) is 0 Å². The second-order valence-electron chi connectivity index (χ2n) is 15.1. The third-order valence-corrected chi connectivity index (χ3v) is 11.7. The van der Waals surface area contributed by atoms with Crippen molar-refractivity contribution >= 4 is 51.8 Å². The summed E-state index contributed by atoms with van der Waals surface area (Å²) in [5, 5.41) is 5.68. The van der Waals surface area contributed by atoms with Crippen LogP contribution in [0, 0.1) is 5.92 Å². The molecule has 6 heterocycles. The molecule has 0 bridgehead atoms. The summed E-state index contributed by atoms with van der Waals surface area (Å²) in [6.07, 6.45) is 8.98. The van der Waals surface area contributed by atoms with Crippen LogP contribution < -0.4 is 31.9 Å². The van der Waals surface area contributed by atoms with E-state index < -0.39 is 17.9 Å². The van der Waals surface area contributed by atoms with Gasteiger partial charge in [0, 0.05) is 57.6 Å². The molecule has 0 spiro atoms. The lowest BCUT2D eigenvalue weighted by Crippen LogP contribution is -2.44. The van der Waals surface area contributed by atoms with Gasteiger partial charge in [-0.1, -0.05) is 12.1 Å². The molecule has 2 aromatic heterocycles. The van der Waals surface area contributed by atoms with E-state index in [0.29, 0.717) is 29.6 Å². The van der Waals surface area contributed by atoms with Crippen LogP contribution in [-0.4, -0.2) is 87.5 Å². The molecule has 14 nitrogen and oxygen atoms in total. The molecule has 278 valence electrons. The monoisotopic (exact) mass is 720 g/mol. The smallest absolute Gasteiger partial charge is 0.329 e. The lowest BCUT2D eigenvalue weighted by Gasteiger charge is -2.34. The van der Waals surface area contributed by atoms with Crippen LogP contribution in [0.4, 0.5) is 23.0 Å². The summed E-state index contributed by atoms with van der Waals surface area (Å²) in [5.41, 5.74) is 10.3. The minimum atomic E-state index is -0.683. The maximum atomic E-state index is 13.2. The number of benzene rings is 2. The first-order chi connectivity index (χ1) is 25.7. The number of aryl methyl sites for hydroxylation is 1. The summed E-state index contributed by atoms with van der Waals surface area (Å²) in [6.45, 7) is 6.98. The molecule has 4 saturated heterocycles. The Balaban J connectivity index is 0.853. The predicted octanol–water partition coefficient (Wildman–Crippen LogP) is 3.65. The van der Waals surface area contributed by atoms with Gasteiger partial charge in [0.1, 0.15) is 11.9 Å². The fraction of sp³-hybridized carbons (Fsp3) is 0.487. The fourth-order valence-electron chi connectivity index (χ4n) is 8.71. The second-order valence-corrected chi connectivity index (χ2v) is 15.1. The minimum absolute atomic E-state index is 0.141. The van der Waals surface area contributed by atoms with Gasteiger partial charge < -0.3 is 25.8 Å². The number of fused-ring (bicyclic) bond motifs is 1. The van der Waals surface area contributed by atoms with Crippen LogP contribution in [0.1, 0.15) is 79.4 Å². The number of nitrogens with two attached hydrogens (primary N) is 1. The molecule has 4 aromatic rings. The van der Waals surface area contributed by atoms with Crippen molar-refractivity contribution in [3.63, 3.8) is 0 Å². The van der Waals surface area contributed by atoms with E-state index >= 15 is 0 Å². The largest absolute Gasteiger partial charge is 0.371 e. The molecular weight excluding hydrogens is 672 g/mol. The molecule has 14 heteroatoms.